The summed E-state index contributed by atoms with van der Waals surface area (Å²) in [5, 5.41) is 9.30. The van der Waals surface area contributed by atoms with Crippen molar-refractivity contribution in [3.8, 4) is 17.2 Å². The molecule has 0 aromatic heterocycles. The van der Waals surface area contributed by atoms with Gasteiger partial charge in [-0.05, 0) is 18.9 Å². The van der Waals surface area contributed by atoms with Crippen molar-refractivity contribution in [2.24, 2.45) is 0 Å². The molecule has 0 bridgehead atoms. The maximum absolute atomic E-state index is 11.3. The highest BCUT2D eigenvalue weighted by molar-refractivity contribution is 5.86. The fourth-order valence-electron chi connectivity index (χ4n) is 2.19. The van der Waals surface area contributed by atoms with Crippen LogP contribution in [0.3, 0.4) is 0 Å². The first kappa shape index (κ1) is 10.3. The number of aliphatic carboxylic acids is 1. The number of benzene rings is 1. The number of carbonyl (C=O) groups is 1. The molecule has 1 fully saturated rings. The van der Waals surface area contributed by atoms with Gasteiger partial charge in [-0.1, -0.05) is 0 Å². The van der Waals surface area contributed by atoms with E-state index >= 15 is 0 Å². The molecule has 3 rings (SSSR count). The summed E-state index contributed by atoms with van der Waals surface area (Å²) in [6.45, 7) is 0.169. The van der Waals surface area contributed by atoms with E-state index in [1.807, 2.05) is 0 Å². The van der Waals surface area contributed by atoms with Crippen LogP contribution in [0.1, 0.15) is 18.4 Å². The molecule has 0 atom stereocenters. The van der Waals surface area contributed by atoms with Gasteiger partial charge in [0.15, 0.2) is 11.5 Å². The SMILES string of the molecule is COc1cc2c(cc1C1(C(=O)O)CC1)OCO2. The number of hydrogen-bond donors (Lipinski definition) is 1. The molecule has 0 saturated heterocycles. The Morgan fingerprint density at radius 2 is 2.00 bits per heavy atom. The van der Waals surface area contributed by atoms with E-state index in [9.17, 15) is 9.90 Å². The topological polar surface area (TPSA) is 65.0 Å². The van der Waals surface area contributed by atoms with Crippen molar-refractivity contribution in [1.29, 1.82) is 0 Å². The minimum Gasteiger partial charge on any atom is -0.496 e. The molecule has 2 aliphatic rings. The average molecular weight is 236 g/mol. The summed E-state index contributed by atoms with van der Waals surface area (Å²) in [4.78, 5) is 11.3. The first-order chi connectivity index (χ1) is 8.17. The van der Waals surface area contributed by atoms with Crippen molar-refractivity contribution in [3.63, 3.8) is 0 Å². The zero-order valence-corrected chi connectivity index (χ0v) is 9.36. The Balaban J connectivity index is 2.13. The van der Waals surface area contributed by atoms with Crippen LogP contribution in [0.4, 0.5) is 0 Å². The van der Waals surface area contributed by atoms with Crippen LogP contribution in [0.25, 0.3) is 0 Å². The van der Waals surface area contributed by atoms with E-state index in [1.54, 1.807) is 12.1 Å². The smallest absolute Gasteiger partial charge is 0.314 e. The van der Waals surface area contributed by atoms with Gasteiger partial charge in [0.2, 0.25) is 6.79 Å². The van der Waals surface area contributed by atoms with E-state index in [0.29, 0.717) is 35.7 Å². The van der Waals surface area contributed by atoms with E-state index in [0.717, 1.165) is 0 Å². The van der Waals surface area contributed by atoms with E-state index in [-0.39, 0.29) is 6.79 Å². The lowest BCUT2D eigenvalue weighted by Gasteiger charge is -2.15. The van der Waals surface area contributed by atoms with Gasteiger partial charge >= 0.3 is 5.97 Å². The van der Waals surface area contributed by atoms with E-state index in [1.165, 1.54) is 7.11 Å². The highest BCUT2D eigenvalue weighted by atomic mass is 16.7. The van der Waals surface area contributed by atoms with Gasteiger partial charge in [-0.25, -0.2) is 0 Å². The molecule has 0 spiro atoms. The Labute approximate surface area is 97.9 Å². The first-order valence-corrected chi connectivity index (χ1v) is 5.39. The molecular formula is C12H12O5. The maximum Gasteiger partial charge on any atom is 0.314 e. The lowest BCUT2D eigenvalue weighted by Crippen LogP contribution is -2.20. The second kappa shape index (κ2) is 3.29. The zero-order valence-electron chi connectivity index (χ0n) is 9.36. The Hall–Kier alpha value is -1.91. The molecule has 1 N–H and O–H groups in total. The quantitative estimate of drug-likeness (QED) is 0.862. The molecule has 1 aromatic rings. The monoisotopic (exact) mass is 236 g/mol. The highest BCUT2D eigenvalue weighted by Crippen LogP contribution is 2.54. The van der Waals surface area contributed by atoms with Gasteiger partial charge in [-0.3, -0.25) is 4.79 Å². The van der Waals surface area contributed by atoms with E-state index in [2.05, 4.69) is 0 Å². The fraction of sp³-hybridized carbons (Fsp3) is 0.417. The molecule has 5 nitrogen and oxygen atoms in total. The molecule has 17 heavy (non-hydrogen) atoms. The molecule has 5 heteroatoms. The van der Waals surface area contributed by atoms with Crippen molar-refractivity contribution < 1.29 is 24.1 Å². The van der Waals surface area contributed by atoms with Crippen molar-refractivity contribution in [2.75, 3.05) is 13.9 Å². The van der Waals surface area contributed by atoms with Gasteiger partial charge in [0.1, 0.15) is 5.75 Å². The maximum atomic E-state index is 11.3. The van der Waals surface area contributed by atoms with Crippen LogP contribution in [-0.2, 0) is 10.2 Å². The first-order valence-electron chi connectivity index (χ1n) is 5.39. The Bertz CT molecular complexity index is 490. The molecule has 1 aliphatic heterocycles. The number of hydrogen-bond acceptors (Lipinski definition) is 4. The number of carboxylic acids is 1. The molecule has 1 aromatic carbocycles. The Kier molecular flexibility index (Phi) is 1.98. The number of fused-ring (bicyclic) bond motifs is 1. The van der Waals surface area contributed by atoms with E-state index in [4.69, 9.17) is 14.2 Å². The van der Waals surface area contributed by atoms with Gasteiger partial charge in [-0.2, -0.15) is 0 Å². The third-order valence-corrected chi connectivity index (χ3v) is 3.37. The highest BCUT2D eigenvalue weighted by Gasteiger charge is 2.54. The minimum atomic E-state index is -0.810. The van der Waals surface area contributed by atoms with Gasteiger partial charge in [0, 0.05) is 11.6 Å². The summed E-state index contributed by atoms with van der Waals surface area (Å²) in [6.07, 6.45) is 1.27. The predicted molar refractivity (Wildman–Crippen MR) is 57.7 cm³/mol. The predicted octanol–water partition coefficient (Wildman–Crippen LogP) is 1.54. The van der Waals surface area contributed by atoms with Crippen LogP contribution in [0.2, 0.25) is 0 Å². The number of carboxylic acid groups (broad SMARTS) is 1. The number of methoxy groups -OCH3 is 1. The molecule has 0 amide bonds. The summed E-state index contributed by atoms with van der Waals surface area (Å²) < 4.78 is 15.8. The van der Waals surface area contributed by atoms with Gasteiger partial charge < -0.3 is 19.3 Å². The normalized spacial score (nSPS) is 18.9. The van der Waals surface area contributed by atoms with Gasteiger partial charge in [0.05, 0.1) is 12.5 Å². The number of ether oxygens (including phenoxy) is 3. The van der Waals surface area contributed by atoms with Gasteiger partial charge in [0.25, 0.3) is 0 Å². The molecule has 0 radical (unpaired) electrons. The second-order valence-electron chi connectivity index (χ2n) is 4.29. The molecular weight excluding hydrogens is 224 g/mol. The van der Waals surface area contributed by atoms with Crippen molar-refractivity contribution >= 4 is 5.97 Å². The van der Waals surface area contributed by atoms with Crippen LogP contribution >= 0.6 is 0 Å². The summed E-state index contributed by atoms with van der Waals surface area (Å²) in [7, 11) is 1.53. The second-order valence-corrected chi connectivity index (χ2v) is 4.29. The third-order valence-electron chi connectivity index (χ3n) is 3.37. The minimum absolute atomic E-state index is 0.169. The molecule has 1 heterocycles. The van der Waals surface area contributed by atoms with Crippen LogP contribution in [0.15, 0.2) is 12.1 Å². The molecule has 90 valence electrons. The Morgan fingerprint density at radius 3 is 2.53 bits per heavy atom. The van der Waals surface area contributed by atoms with Crippen LogP contribution < -0.4 is 14.2 Å². The van der Waals surface area contributed by atoms with Crippen LogP contribution in [0.5, 0.6) is 17.2 Å². The standard InChI is InChI=1S/C12H12O5/c1-15-8-5-10-9(16-6-17-10)4-7(8)12(2-3-12)11(13)14/h4-5H,2-3,6H2,1H3,(H,13,14). The zero-order chi connectivity index (χ0) is 12.0. The van der Waals surface area contributed by atoms with Crippen molar-refractivity contribution in [2.45, 2.75) is 18.3 Å². The number of rotatable bonds is 3. The lowest BCUT2D eigenvalue weighted by molar-refractivity contribution is -0.140. The van der Waals surface area contributed by atoms with Crippen LogP contribution in [0, 0.1) is 0 Å². The lowest BCUT2D eigenvalue weighted by atomic mass is 9.94. The van der Waals surface area contributed by atoms with Crippen molar-refractivity contribution in [1.82, 2.24) is 0 Å². The average Bonchev–Trinajstić information content (AvgIpc) is 3.01. The van der Waals surface area contributed by atoms with Crippen molar-refractivity contribution in [3.05, 3.63) is 17.7 Å². The summed E-state index contributed by atoms with van der Waals surface area (Å²) >= 11 is 0. The van der Waals surface area contributed by atoms with E-state index < -0.39 is 11.4 Å². The summed E-state index contributed by atoms with van der Waals surface area (Å²) in [5.41, 5.74) is -0.122. The molecule has 0 unspecified atom stereocenters. The Morgan fingerprint density at radius 1 is 1.35 bits per heavy atom. The fourth-order valence-corrected chi connectivity index (χ4v) is 2.19. The molecule has 1 aliphatic carbocycles. The third kappa shape index (κ3) is 1.35. The summed E-state index contributed by atoms with van der Waals surface area (Å²) in [5.74, 6) is 0.934. The molecule has 1 saturated carbocycles. The van der Waals surface area contributed by atoms with Gasteiger partial charge in [-0.15, -0.1) is 0 Å². The van der Waals surface area contributed by atoms with Crippen LogP contribution in [-0.4, -0.2) is 25.0 Å². The summed E-state index contributed by atoms with van der Waals surface area (Å²) in [6, 6.07) is 3.42. The largest absolute Gasteiger partial charge is 0.496 e.